The lowest BCUT2D eigenvalue weighted by Crippen LogP contribution is -2.32. The highest BCUT2D eigenvalue weighted by Crippen LogP contribution is 2.05. The molecule has 0 spiro atoms. The Kier molecular flexibility index (Phi) is 6.39. The zero-order valence-electron chi connectivity index (χ0n) is 8.80. The second-order valence-electron chi connectivity index (χ2n) is 4.13. The Morgan fingerprint density at radius 3 is 2.08 bits per heavy atom. The molecule has 0 saturated heterocycles. The van der Waals surface area contributed by atoms with Gasteiger partial charge in [0.25, 0.3) is 0 Å². The van der Waals surface area contributed by atoms with Crippen LogP contribution in [0.25, 0.3) is 0 Å². The highest BCUT2D eigenvalue weighted by atomic mass is 16.3. The fraction of sp³-hybridized carbons (Fsp3) is 1.00. The lowest BCUT2D eigenvalue weighted by Gasteiger charge is -2.15. The van der Waals surface area contributed by atoms with Crippen molar-refractivity contribution >= 4 is 0 Å². The number of nitrogens with one attached hydrogen (secondary N) is 1. The second kappa shape index (κ2) is 6.44. The molecule has 74 valence electrons. The summed E-state index contributed by atoms with van der Waals surface area (Å²) >= 11 is 0. The van der Waals surface area contributed by atoms with E-state index in [2.05, 4.69) is 26.1 Å². The van der Waals surface area contributed by atoms with Crippen molar-refractivity contribution in [3.63, 3.8) is 0 Å². The Balaban J connectivity index is 3.27. The van der Waals surface area contributed by atoms with Crippen molar-refractivity contribution in [3.8, 4) is 0 Å². The van der Waals surface area contributed by atoms with Gasteiger partial charge in [-0.3, -0.25) is 0 Å². The molecule has 2 atom stereocenters. The molecule has 0 rings (SSSR count). The molecule has 0 bridgehead atoms. The van der Waals surface area contributed by atoms with Crippen molar-refractivity contribution in [1.29, 1.82) is 0 Å². The highest BCUT2D eigenvalue weighted by Gasteiger charge is 2.03. The van der Waals surface area contributed by atoms with Crippen molar-refractivity contribution in [3.05, 3.63) is 0 Å². The molecule has 0 aromatic rings. The van der Waals surface area contributed by atoms with Gasteiger partial charge in [-0.05, 0) is 32.6 Å². The minimum absolute atomic E-state index is 0.230. The predicted molar refractivity (Wildman–Crippen MR) is 53.2 cm³/mol. The highest BCUT2D eigenvalue weighted by molar-refractivity contribution is 4.63. The van der Waals surface area contributed by atoms with Crippen molar-refractivity contribution in [2.75, 3.05) is 6.54 Å². The van der Waals surface area contributed by atoms with Gasteiger partial charge in [0, 0.05) is 12.6 Å². The predicted octanol–water partition coefficient (Wildman–Crippen LogP) is 1.78. The average Bonchev–Trinajstić information content (AvgIpc) is 1.96. The number of rotatable bonds is 6. The van der Waals surface area contributed by atoms with E-state index in [-0.39, 0.29) is 6.10 Å². The molecular weight excluding hydrogens is 150 g/mol. The topological polar surface area (TPSA) is 32.3 Å². The first-order chi connectivity index (χ1) is 5.52. The zero-order valence-corrected chi connectivity index (χ0v) is 8.80. The maximum Gasteiger partial charge on any atom is 0.0636 e. The van der Waals surface area contributed by atoms with Gasteiger partial charge in [-0.25, -0.2) is 0 Å². The van der Waals surface area contributed by atoms with Crippen LogP contribution in [0.15, 0.2) is 0 Å². The summed E-state index contributed by atoms with van der Waals surface area (Å²) in [5.41, 5.74) is 0. The van der Waals surface area contributed by atoms with Crippen LogP contribution >= 0.6 is 0 Å². The van der Waals surface area contributed by atoms with E-state index < -0.39 is 0 Å². The van der Waals surface area contributed by atoms with Gasteiger partial charge in [-0.1, -0.05) is 13.8 Å². The third-order valence-corrected chi connectivity index (χ3v) is 1.94. The summed E-state index contributed by atoms with van der Waals surface area (Å²) in [5.74, 6) is 0.779. The van der Waals surface area contributed by atoms with Crippen LogP contribution in [-0.2, 0) is 0 Å². The Hall–Kier alpha value is -0.0800. The van der Waals surface area contributed by atoms with Crippen LogP contribution < -0.4 is 5.32 Å². The average molecular weight is 173 g/mol. The lowest BCUT2D eigenvalue weighted by atomic mass is 10.0. The maximum absolute atomic E-state index is 9.02. The number of hydrogen-bond donors (Lipinski definition) is 2. The maximum atomic E-state index is 9.02. The summed E-state index contributed by atoms with van der Waals surface area (Å²) in [6.45, 7) is 9.16. The van der Waals surface area contributed by atoms with E-state index in [4.69, 9.17) is 5.11 Å². The van der Waals surface area contributed by atoms with Crippen LogP contribution in [0.1, 0.15) is 40.5 Å². The fourth-order valence-electron chi connectivity index (χ4n) is 1.06. The van der Waals surface area contributed by atoms with Crippen LogP contribution in [0.4, 0.5) is 0 Å². The Morgan fingerprint density at radius 2 is 1.67 bits per heavy atom. The summed E-state index contributed by atoms with van der Waals surface area (Å²) < 4.78 is 0. The SMILES string of the molecule is CC(C)CCC(C)NCC(C)O. The molecule has 0 aliphatic heterocycles. The number of aliphatic hydroxyl groups is 1. The first-order valence-corrected chi connectivity index (χ1v) is 4.93. The molecule has 12 heavy (non-hydrogen) atoms. The van der Waals surface area contributed by atoms with Gasteiger partial charge in [0.05, 0.1) is 6.10 Å². The van der Waals surface area contributed by atoms with E-state index >= 15 is 0 Å². The first kappa shape index (κ1) is 11.9. The van der Waals surface area contributed by atoms with Gasteiger partial charge >= 0.3 is 0 Å². The Morgan fingerprint density at radius 1 is 1.08 bits per heavy atom. The Bertz CT molecular complexity index is 90.0. The quantitative estimate of drug-likeness (QED) is 0.641. The van der Waals surface area contributed by atoms with Gasteiger partial charge in [0.1, 0.15) is 0 Å². The van der Waals surface area contributed by atoms with Gasteiger partial charge < -0.3 is 10.4 Å². The third-order valence-electron chi connectivity index (χ3n) is 1.94. The van der Waals surface area contributed by atoms with E-state index in [1.54, 1.807) is 0 Å². The second-order valence-corrected chi connectivity index (χ2v) is 4.13. The third kappa shape index (κ3) is 8.02. The molecule has 0 aliphatic rings. The van der Waals surface area contributed by atoms with Crippen LogP contribution in [0.3, 0.4) is 0 Å². The molecule has 0 aromatic heterocycles. The molecule has 2 heteroatoms. The van der Waals surface area contributed by atoms with E-state index in [0.717, 1.165) is 5.92 Å². The van der Waals surface area contributed by atoms with Gasteiger partial charge in [0.2, 0.25) is 0 Å². The number of aliphatic hydroxyl groups excluding tert-OH is 1. The summed E-state index contributed by atoms with van der Waals surface area (Å²) in [5, 5.41) is 12.3. The molecule has 0 heterocycles. The first-order valence-electron chi connectivity index (χ1n) is 4.93. The van der Waals surface area contributed by atoms with Crippen molar-refractivity contribution in [1.82, 2.24) is 5.32 Å². The minimum Gasteiger partial charge on any atom is -0.392 e. The van der Waals surface area contributed by atoms with Crippen molar-refractivity contribution < 1.29 is 5.11 Å². The van der Waals surface area contributed by atoms with E-state index in [1.165, 1.54) is 12.8 Å². The van der Waals surface area contributed by atoms with E-state index in [0.29, 0.717) is 12.6 Å². The van der Waals surface area contributed by atoms with Gasteiger partial charge in [-0.2, -0.15) is 0 Å². The number of hydrogen-bond acceptors (Lipinski definition) is 2. The van der Waals surface area contributed by atoms with Crippen LogP contribution in [0, 0.1) is 5.92 Å². The molecule has 0 radical (unpaired) electrons. The summed E-state index contributed by atoms with van der Waals surface area (Å²) in [7, 11) is 0. The summed E-state index contributed by atoms with van der Waals surface area (Å²) in [6, 6.07) is 0.530. The van der Waals surface area contributed by atoms with Crippen molar-refractivity contribution in [2.45, 2.75) is 52.7 Å². The van der Waals surface area contributed by atoms with Gasteiger partial charge in [0.15, 0.2) is 0 Å². The largest absolute Gasteiger partial charge is 0.392 e. The zero-order chi connectivity index (χ0) is 9.56. The molecule has 0 fully saturated rings. The van der Waals surface area contributed by atoms with E-state index in [1.807, 2.05) is 6.92 Å². The monoisotopic (exact) mass is 173 g/mol. The lowest BCUT2D eigenvalue weighted by molar-refractivity contribution is 0.185. The van der Waals surface area contributed by atoms with Crippen LogP contribution in [-0.4, -0.2) is 23.8 Å². The Labute approximate surface area is 76.4 Å². The van der Waals surface area contributed by atoms with Crippen LogP contribution in [0.2, 0.25) is 0 Å². The summed E-state index contributed by atoms with van der Waals surface area (Å²) in [6.07, 6.45) is 2.23. The van der Waals surface area contributed by atoms with Gasteiger partial charge in [-0.15, -0.1) is 0 Å². The smallest absolute Gasteiger partial charge is 0.0636 e. The molecule has 0 saturated carbocycles. The molecular formula is C10H23NO. The normalized spacial score (nSPS) is 16.5. The molecule has 0 amide bonds. The molecule has 0 aliphatic carbocycles. The standard InChI is InChI=1S/C10H23NO/c1-8(2)5-6-9(3)11-7-10(4)12/h8-12H,5-7H2,1-4H3. The van der Waals surface area contributed by atoms with Crippen molar-refractivity contribution in [2.24, 2.45) is 5.92 Å². The molecule has 2 unspecified atom stereocenters. The van der Waals surface area contributed by atoms with Crippen LogP contribution in [0.5, 0.6) is 0 Å². The fourth-order valence-corrected chi connectivity index (χ4v) is 1.06. The van der Waals surface area contributed by atoms with E-state index in [9.17, 15) is 0 Å². The molecule has 2 N–H and O–H groups in total. The molecule has 2 nitrogen and oxygen atoms in total. The molecule has 0 aromatic carbocycles. The summed E-state index contributed by atoms with van der Waals surface area (Å²) in [4.78, 5) is 0. The minimum atomic E-state index is -0.230.